The Bertz CT molecular complexity index is 541. The fourth-order valence-electron chi connectivity index (χ4n) is 2.17. The van der Waals surface area contributed by atoms with E-state index in [1.165, 1.54) is 0 Å². The van der Waals surface area contributed by atoms with E-state index >= 15 is 0 Å². The molecule has 1 aliphatic rings. The van der Waals surface area contributed by atoms with Crippen molar-refractivity contribution in [2.45, 2.75) is 50.8 Å². The molecule has 1 unspecified atom stereocenters. The lowest BCUT2D eigenvalue weighted by atomic mass is 9.96. The third-order valence-corrected chi connectivity index (χ3v) is 7.18. The van der Waals surface area contributed by atoms with E-state index in [2.05, 4.69) is 49.3 Å². The molecule has 4 nitrogen and oxygen atoms in total. The van der Waals surface area contributed by atoms with Gasteiger partial charge in [0.2, 0.25) is 0 Å². The van der Waals surface area contributed by atoms with Gasteiger partial charge in [-0.2, -0.15) is 0 Å². The second kappa shape index (κ2) is 7.21. The summed E-state index contributed by atoms with van der Waals surface area (Å²) in [7, 11) is 0. The standard InChI is InChI=1S/C15H24BrN3OS2/c1-14(2,3)22(20)19-15(4,12-8-11(16)10-21-12)9-13-17-6-5-7-18-13/h8,10,19H,5-7,9H2,1-4H3,(H,17,18)/t15-,22?/m0/s1. The second-order valence-electron chi connectivity index (χ2n) is 6.73. The minimum Gasteiger partial charge on any atom is -0.598 e. The molecule has 0 saturated carbocycles. The smallest absolute Gasteiger partial charge is 0.136 e. The number of halogens is 1. The van der Waals surface area contributed by atoms with Gasteiger partial charge in [0, 0.05) is 45.6 Å². The highest BCUT2D eigenvalue weighted by atomic mass is 79.9. The molecule has 0 radical (unpaired) electrons. The molecule has 0 fully saturated rings. The highest BCUT2D eigenvalue weighted by Crippen LogP contribution is 2.34. The largest absolute Gasteiger partial charge is 0.598 e. The topological polar surface area (TPSA) is 59.5 Å². The van der Waals surface area contributed by atoms with Gasteiger partial charge in [-0.05, 0) is 56.1 Å². The number of rotatable bonds is 5. The van der Waals surface area contributed by atoms with Crippen molar-refractivity contribution in [3.63, 3.8) is 0 Å². The van der Waals surface area contributed by atoms with Crippen molar-refractivity contribution in [2.75, 3.05) is 13.1 Å². The van der Waals surface area contributed by atoms with Crippen LogP contribution in [0.15, 0.2) is 20.9 Å². The van der Waals surface area contributed by atoms with Crippen LogP contribution in [0.5, 0.6) is 0 Å². The lowest BCUT2D eigenvalue weighted by Gasteiger charge is -2.35. The van der Waals surface area contributed by atoms with Crippen LogP contribution in [0.2, 0.25) is 0 Å². The summed E-state index contributed by atoms with van der Waals surface area (Å²) in [6, 6.07) is 2.10. The van der Waals surface area contributed by atoms with Crippen LogP contribution >= 0.6 is 27.3 Å². The average molecular weight is 406 g/mol. The van der Waals surface area contributed by atoms with Crippen molar-refractivity contribution in [2.24, 2.45) is 4.99 Å². The molecule has 22 heavy (non-hydrogen) atoms. The summed E-state index contributed by atoms with van der Waals surface area (Å²) in [6.45, 7) is 9.89. The number of amidine groups is 1. The third kappa shape index (κ3) is 4.71. The predicted molar refractivity (Wildman–Crippen MR) is 99.9 cm³/mol. The molecular formula is C15H24BrN3OS2. The van der Waals surface area contributed by atoms with Gasteiger partial charge in [0.15, 0.2) is 0 Å². The molecule has 1 aromatic heterocycles. The zero-order chi connectivity index (χ0) is 16.4. The van der Waals surface area contributed by atoms with Crippen LogP contribution in [0, 0.1) is 0 Å². The third-order valence-electron chi connectivity index (χ3n) is 3.47. The summed E-state index contributed by atoms with van der Waals surface area (Å²) in [5.74, 6) is 0.997. The number of thiophene rings is 1. The van der Waals surface area contributed by atoms with Crippen LogP contribution in [0.4, 0.5) is 0 Å². The van der Waals surface area contributed by atoms with Crippen molar-refractivity contribution in [1.82, 2.24) is 10.0 Å². The molecule has 0 saturated heterocycles. The van der Waals surface area contributed by atoms with E-state index < -0.39 is 16.9 Å². The van der Waals surface area contributed by atoms with Crippen molar-refractivity contribution in [3.8, 4) is 0 Å². The molecular weight excluding hydrogens is 382 g/mol. The maximum absolute atomic E-state index is 12.6. The van der Waals surface area contributed by atoms with Gasteiger partial charge >= 0.3 is 0 Å². The second-order valence-corrected chi connectivity index (χ2v) is 10.5. The summed E-state index contributed by atoms with van der Waals surface area (Å²) >= 11 is 4.04. The summed E-state index contributed by atoms with van der Waals surface area (Å²) in [5, 5.41) is 5.43. The van der Waals surface area contributed by atoms with Gasteiger partial charge in [-0.15, -0.1) is 16.1 Å². The Labute approximate surface area is 148 Å². The number of hydrogen-bond acceptors (Lipinski definition) is 5. The van der Waals surface area contributed by atoms with Crippen LogP contribution in [0.1, 0.15) is 45.4 Å². The fraction of sp³-hybridized carbons (Fsp3) is 0.667. The van der Waals surface area contributed by atoms with E-state index in [0.717, 1.165) is 34.7 Å². The molecule has 2 N–H and O–H groups in total. The minimum atomic E-state index is -1.14. The fourth-order valence-corrected chi connectivity index (χ4v) is 4.68. The van der Waals surface area contributed by atoms with E-state index in [9.17, 15) is 4.55 Å². The molecule has 2 rings (SSSR count). The van der Waals surface area contributed by atoms with E-state index in [4.69, 9.17) is 0 Å². The minimum absolute atomic E-state index is 0.308. The van der Waals surface area contributed by atoms with Gasteiger partial charge < -0.3 is 9.87 Å². The van der Waals surface area contributed by atoms with Gasteiger partial charge in [0.05, 0.1) is 5.84 Å². The first-order valence-corrected chi connectivity index (χ1v) is 10.2. The van der Waals surface area contributed by atoms with E-state index in [-0.39, 0.29) is 4.75 Å². The quantitative estimate of drug-likeness (QED) is 0.736. The van der Waals surface area contributed by atoms with Crippen molar-refractivity contribution in [1.29, 1.82) is 0 Å². The molecule has 2 heterocycles. The van der Waals surface area contributed by atoms with Crippen LogP contribution in [-0.4, -0.2) is 28.2 Å². The zero-order valence-electron chi connectivity index (χ0n) is 13.5. The Morgan fingerprint density at radius 3 is 2.68 bits per heavy atom. The van der Waals surface area contributed by atoms with Crippen LogP contribution in [-0.2, 0) is 16.9 Å². The summed E-state index contributed by atoms with van der Waals surface area (Å²) in [6.07, 6.45) is 1.79. The van der Waals surface area contributed by atoms with Crippen molar-refractivity contribution >= 4 is 44.5 Å². The Morgan fingerprint density at radius 2 is 2.18 bits per heavy atom. The normalized spacial score (nSPS) is 20.0. The Morgan fingerprint density at radius 1 is 1.45 bits per heavy atom. The first kappa shape index (κ1) is 18.3. The molecule has 0 spiro atoms. The Hall–Kier alpha value is -0.0800. The summed E-state index contributed by atoms with van der Waals surface area (Å²) in [5.41, 5.74) is -0.405. The average Bonchev–Trinajstić information content (AvgIpc) is 2.86. The maximum atomic E-state index is 12.6. The van der Waals surface area contributed by atoms with E-state index in [0.29, 0.717) is 6.42 Å². The first-order valence-electron chi connectivity index (χ1n) is 7.42. The van der Waals surface area contributed by atoms with Gasteiger partial charge in [-0.1, -0.05) is 0 Å². The lowest BCUT2D eigenvalue weighted by Crippen LogP contribution is -2.51. The monoisotopic (exact) mass is 405 g/mol. The molecule has 124 valence electrons. The van der Waals surface area contributed by atoms with Crippen LogP contribution in [0.25, 0.3) is 0 Å². The first-order chi connectivity index (χ1) is 10.2. The molecule has 0 aliphatic carbocycles. The van der Waals surface area contributed by atoms with Gasteiger partial charge in [-0.3, -0.25) is 4.99 Å². The summed E-state index contributed by atoms with van der Waals surface area (Å²) < 4.78 is 16.7. The van der Waals surface area contributed by atoms with Crippen LogP contribution in [0.3, 0.4) is 0 Å². The van der Waals surface area contributed by atoms with Crippen LogP contribution < -0.4 is 10.0 Å². The molecule has 1 aromatic rings. The zero-order valence-corrected chi connectivity index (χ0v) is 16.8. The highest BCUT2D eigenvalue weighted by molar-refractivity contribution is 9.10. The summed E-state index contributed by atoms with van der Waals surface area (Å²) in [4.78, 5) is 5.74. The molecule has 2 atom stereocenters. The predicted octanol–water partition coefficient (Wildman–Crippen LogP) is 3.56. The van der Waals surface area contributed by atoms with Gasteiger partial charge in [-0.25, -0.2) is 0 Å². The maximum Gasteiger partial charge on any atom is 0.136 e. The Balaban J connectivity index is 2.25. The van der Waals surface area contributed by atoms with E-state index in [1.54, 1.807) is 11.3 Å². The van der Waals surface area contributed by atoms with Crippen molar-refractivity contribution in [3.05, 3.63) is 20.8 Å². The molecule has 1 aliphatic heterocycles. The molecule has 0 aromatic carbocycles. The SMILES string of the molecule is CC(C)(C)[S+]([O-])N[C@@](C)(CC1=NCCCN1)c1cc(Br)cs1. The Kier molecular flexibility index (Phi) is 5.99. The van der Waals surface area contributed by atoms with E-state index in [1.807, 2.05) is 20.8 Å². The van der Waals surface area contributed by atoms with Crippen molar-refractivity contribution < 1.29 is 4.55 Å². The lowest BCUT2D eigenvalue weighted by molar-refractivity contribution is 0.436. The molecule has 0 amide bonds. The highest BCUT2D eigenvalue weighted by Gasteiger charge is 2.39. The molecule has 7 heteroatoms. The number of nitrogens with one attached hydrogen (secondary N) is 2. The number of nitrogens with zero attached hydrogens (tertiary/aromatic N) is 1. The number of aliphatic imine (C=N–C) groups is 1. The van der Waals surface area contributed by atoms with Gasteiger partial charge in [0.25, 0.3) is 0 Å². The molecule has 0 bridgehead atoms. The van der Waals surface area contributed by atoms with Gasteiger partial charge in [0.1, 0.15) is 10.3 Å². The number of hydrogen-bond donors (Lipinski definition) is 2.